The lowest BCUT2D eigenvalue weighted by Crippen LogP contribution is -2.04. The minimum absolute atomic E-state index is 0.860. The maximum Gasteiger partial charge on any atom is 0.135 e. The van der Waals surface area contributed by atoms with Crippen molar-refractivity contribution in [2.75, 3.05) is 0 Å². The average Bonchev–Trinajstić information content (AvgIpc) is 3.03. The molecule has 23 heavy (non-hydrogen) atoms. The first-order valence-corrected chi connectivity index (χ1v) is 7.75. The van der Waals surface area contributed by atoms with E-state index in [1.807, 2.05) is 42.5 Å². The number of hydrogen-bond acceptors (Lipinski definition) is 2. The maximum atomic E-state index is 6.07. The zero-order valence-corrected chi connectivity index (χ0v) is 12.5. The molecule has 2 heterocycles. The summed E-state index contributed by atoms with van der Waals surface area (Å²) in [4.78, 5) is 0. The highest BCUT2D eigenvalue weighted by atomic mass is 16.5. The van der Waals surface area contributed by atoms with Crippen LogP contribution >= 0.6 is 0 Å². The molecule has 2 heteroatoms. The number of rotatable bonds is 1. The van der Waals surface area contributed by atoms with Crippen molar-refractivity contribution in [2.24, 2.45) is 0 Å². The van der Waals surface area contributed by atoms with Crippen LogP contribution in [0.15, 0.2) is 77.2 Å². The fraction of sp³-hybridized carbons (Fsp3) is 0.0476. The molecule has 0 unspecified atom stereocenters. The molecule has 1 aliphatic heterocycles. The van der Waals surface area contributed by atoms with Gasteiger partial charge in [-0.25, -0.2) is 0 Å². The Hall–Kier alpha value is -3.00. The summed E-state index contributed by atoms with van der Waals surface area (Å²) >= 11 is 0. The van der Waals surface area contributed by atoms with Crippen LogP contribution in [-0.2, 0) is 6.42 Å². The second kappa shape index (κ2) is 4.75. The topological polar surface area (TPSA) is 22.4 Å². The number of furan rings is 1. The van der Waals surface area contributed by atoms with E-state index in [1.165, 1.54) is 11.1 Å². The number of hydrogen-bond donors (Lipinski definition) is 0. The average molecular weight is 298 g/mol. The fourth-order valence-corrected chi connectivity index (χ4v) is 3.25. The molecule has 0 amide bonds. The number of para-hydroxylation sites is 2. The lowest BCUT2D eigenvalue weighted by atomic mass is 9.95. The molecule has 0 N–H and O–H groups in total. The van der Waals surface area contributed by atoms with Crippen molar-refractivity contribution in [2.45, 2.75) is 6.42 Å². The normalized spacial score (nSPS) is 12.5. The van der Waals surface area contributed by atoms with E-state index in [1.54, 1.807) is 0 Å². The Labute approximate surface area is 133 Å². The largest absolute Gasteiger partial charge is 0.457 e. The molecule has 0 bridgehead atoms. The van der Waals surface area contributed by atoms with Gasteiger partial charge >= 0.3 is 0 Å². The summed E-state index contributed by atoms with van der Waals surface area (Å²) < 4.78 is 12.1. The number of ether oxygens (including phenoxy) is 1. The van der Waals surface area contributed by atoms with E-state index in [9.17, 15) is 0 Å². The van der Waals surface area contributed by atoms with Crippen molar-refractivity contribution in [1.82, 2.24) is 0 Å². The molecule has 0 radical (unpaired) electrons. The van der Waals surface area contributed by atoms with Crippen LogP contribution in [0.25, 0.3) is 22.3 Å². The molecule has 0 aliphatic carbocycles. The van der Waals surface area contributed by atoms with Gasteiger partial charge in [0.05, 0.1) is 0 Å². The minimum Gasteiger partial charge on any atom is -0.457 e. The third-order valence-electron chi connectivity index (χ3n) is 4.38. The SMILES string of the molecule is c1ccc2c(c1)Cc1c(cccc1-c1cc3ccccc3o1)O2. The smallest absolute Gasteiger partial charge is 0.135 e. The molecule has 0 fully saturated rings. The third-order valence-corrected chi connectivity index (χ3v) is 4.38. The van der Waals surface area contributed by atoms with Crippen LogP contribution in [0.2, 0.25) is 0 Å². The Balaban J connectivity index is 1.68. The molecule has 0 saturated carbocycles. The van der Waals surface area contributed by atoms with E-state index in [0.717, 1.165) is 40.2 Å². The lowest BCUT2D eigenvalue weighted by molar-refractivity contribution is 0.460. The van der Waals surface area contributed by atoms with Crippen LogP contribution in [0.1, 0.15) is 11.1 Å². The van der Waals surface area contributed by atoms with Crippen molar-refractivity contribution in [3.05, 3.63) is 83.9 Å². The van der Waals surface area contributed by atoms with Gasteiger partial charge in [-0.3, -0.25) is 0 Å². The first-order valence-electron chi connectivity index (χ1n) is 7.75. The predicted molar refractivity (Wildman–Crippen MR) is 91.0 cm³/mol. The molecule has 4 aromatic rings. The van der Waals surface area contributed by atoms with Crippen LogP contribution in [-0.4, -0.2) is 0 Å². The van der Waals surface area contributed by atoms with E-state index < -0.39 is 0 Å². The van der Waals surface area contributed by atoms with Crippen LogP contribution in [0.5, 0.6) is 11.5 Å². The molecular weight excluding hydrogens is 284 g/mol. The van der Waals surface area contributed by atoms with Gasteiger partial charge < -0.3 is 9.15 Å². The highest BCUT2D eigenvalue weighted by Gasteiger charge is 2.21. The molecule has 0 saturated heterocycles. The Morgan fingerprint density at radius 3 is 2.52 bits per heavy atom. The van der Waals surface area contributed by atoms with Gasteiger partial charge in [-0.2, -0.15) is 0 Å². The van der Waals surface area contributed by atoms with Crippen molar-refractivity contribution in [3.63, 3.8) is 0 Å². The van der Waals surface area contributed by atoms with Gasteiger partial charge in [-0.15, -0.1) is 0 Å². The quantitative estimate of drug-likeness (QED) is 0.390. The molecule has 110 valence electrons. The zero-order valence-electron chi connectivity index (χ0n) is 12.5. The standard InChI is InChI=1S/C21H14O2/c1-3-9-18-14(6-1)12-17-16(8-5-11-20(17)22-18)21-13-15-7-2-4-10-19(15)23-21/h1-11,13H,12H2. The zero-order chi connectivity index (χ0) is 15.2. The summed E-state index contributed by atoms with van der Waals surface area (Å²) in [6, 6.07) is 24.6. The first kappa shape index (κ1) is 12.5. The molecular formula is C21H14O2. The summed E-state index contributed by atoms with van der Waals surface area (Å²) in [5.74, 6) is 2.76. The molecule has 5 rings (SSSR count). The van der Waals surface area contributed by atoms with E-state index >= 15 is 0 Å². The van der Waals surface area contributed by atoms with Gasteiger partial charge in [-0.05, 0) is 29.8 Å². The Bertz CT molecular complexity index is 994. The van der Waals surface area contributed by atoms with Crippen molar-refractivity contribution < 1.29 is 9.15 Å². The minimum atomic E-state index is 0.860. The van der Waals surface area contributed by atoms with Gasteiger partial charge in [-0.1, -0.05) is 48.5 Å². The Morgan fingerprint density at radius 2 is 1.57 bits per heavy atom. The summed E-state index contributed by atoms with van der Waals surface area (Å²) in [6.45, 7) is 0. The second-order valence-corrected chi connectivity index (χ2v) is 5.82. The molecule has 0 atom stereocenters. The van der Waals surface area contributed by atoms with Crippen molar-refractivity contribution in [1.29, 1.82) is 0 Å². The van der Waals surface area contributed by atoms with Gasteiger partial charge in [0.1, 0.15) is 22.8 Å². The molecule has 1 aliphatic rings. The molecule has 2 nitrogen and oxygen atoms in total. The van der Waals surface area contributed by atoms with Crippen molar-refractivity contribution >= 4 is 11.0 Å². The summed E-state index contributed by atoms with van der Waals surface area (Å²) in [5, 5.41) is 1.12. The van der Waals surface area contributed by atoms with Gasteiger partial charge in [0.2, 0.25) is 0 Å². The summed E-state index contributed by atoms with van der Waals surface area (Å²) in [6.07, 6.45) is 0.860. The highest BCUT2D eigenvalue weighted by Crippen LogP contribution is 2.42. The Morgan fingerprint density at radius 1 is 0.739 bits per heavy atom. The molecule has 3 aromatic carbocycles. The predicted octanol–water partition coefficient (Wildman–Crippen LogP) is 5.80. The van der Waals surface area contributed by atoms with E-state index in [2.05, 4.69) is 30.3 Å². The van der Waals surface area contributed by atoms with Crippen LogP contribution < -0.4 is 4.74 Å². The first-order chi connectivity index (χ1) is 11.4. The lowest BCUT2D eigenvalue weighted by Gasteiger charge is -2.21. The van der Waals surface area contributed by atoms with Crippen LogP contribution in [0.4, 0.5) is 0 Å². The molecule has 1 aromatic heterocycles. The number of fused-ring (bicyclic) bond motifs is 3. The maximum absolute atomic E-state index is 6.07. The fourth-order valence-electron chi connectivity index (χ4n) is 3.25. The van der Waals surface area contributed by atoms with E-state index in [4.69, 9.17) is 9.15 Å². The summed E-state index contributed by atoms with van der Waals surface area (Å²) in [5.41, 5.74) is 4.42. The molecule has 0 spiro atoms. The van der Waals surface area contributed by atoms with Gasteiger partial charge in [0, 0.05) is 22.9 Å². The Kier molecular flexibility index (Phi) is 2.59. The highest BCUT2D eigenvalue weighted by molar-refractivity contribution is 5.84. The van der Waals surface area contributed by atoms with Gasteiger partial charge in [0.15, 0.2) is 0 Å². The van der Waals surface area contributed by atoms with E-state index in [0.29, 0.717) is 0 Å². The second-order valence-electron chi connectivity index (χ2n) is 5.82. The van der Waals surface area contributed by atoms with Crippen molar-refractivity contribution in [3.8, 4) is 22.8 Å². The van der Waals surface area contributed by atoms with Gasteiger partial charge in [0.25, 0.3) is 0 Å². The summed E-state index contributed by atoms with van der Waals surface area (Å²) in [7, 11) is 0. The van der Waals surface area contributed by atoms with Crippen LogP contribution in [0.3, 0.4) is 0 Å². The van der Waals surface area contributed by atoms with Crippen LogP contribution in [0, 0.1) is 0 Å². The third kappa shape index (κ3) is 1.95. The monoisotopic (exact) mass is 298 g/mol. The number of benzene rings is 3. The van der Waals surface area contributed by atoms with E-state index in [-0.39, 0.29) is 0 Å².